The fourth-order valence-electron chi connectivity index (χ4n) is 3.02. The van der Waals surface area contributed by atoms with Crippen molar-refractivity contribution in [1.29, 1.82) is 0 Å². The van der Waals surface area contributed by atoms with Gasteiger partial charge in [-0.1, -0.05) is 24.3 Å². The number of nitrogens with one attached hydrogen (secondary N) is 2. The maximum atomic E-state index is 12.2. The Kier molecular flexibility index (Phi) is 6.19. The Morgan fingerprint density at radius 3 is 2.67 bits per heavy atom. The van der Waals surface area contributed by atoms with Crippen LogP contribution in [0.5, 0.6) is 11.5 Å². The third kappa shape index (κ3) is 4.71. The number of thiophene rings is 1. The number of urea groups is 1. The zero-order valence-corrected chi connectivity index (χ0v) is 16.6. The minimum atomic E-state index is -0.183. The molecule has 5 nitrogen and oxygen atoms in total. The van der Waals surface area contributed by atoms with E-state index in [-0.39, 0.29) is 12.1 Å². The number of rotatable bonds is 7. The first-order valence-electron chi connectivity index (χ1n) is 8.81. The number of amides is 2. The van der Waals surface area contributed by atoms with Gasteiger partial charge < -0.3 is 20.1 Å². The van der Waals surface area contributed by atoms with Crippen LogP contribution in [0.15, 0.2) is 47.8 Å². The minimum Gasteiger partial charge on any atom is -0.493 e. The topological polar surface area (TPSA) is 59.6 Å². The number of hydrogen-bond donors (Lipinski definition) is 2. The number of hydrogen-bond acceptors (Lipinski definition) is 4. The van der Waals surface area contributed by atoms with Crippen molar-refractivity contribution in [3.05, 3.63) is 59.0 Å². The van der Waals surface area contributed by atoms with Crippen molar-refractivity contribution in [2.24, 2.45) is 0 Å². The predicted molar refractivity (Wildman–Crippen MR) is 110 cm³/mol. The molecule has 0 aliphatic rings. The van der Waals surface area contributed by atoms with Crippen LogP contribution in [0.1, 0.15) is 18.1 Å². The molecule has 2 N–H and O–H groups in total. The highest BCUT2D eigenvalue weighted by molar-refractivity contribution is 7.17. The Labute approximate surface area is 163 Å². The molecule has 0 radical (unpaired) electrons. The molecule has 0 saturated heterocycles. The van der Waals surface area contributed by atoms with E-state index in [1.54, 1.807) is 25.6 Å². The van der Waals surface area contributed by atoms with Crippen LogP contribution in [0.4, 0.5) is 4.79 Å². The Hall–Kier alpha value is -2.73. The zero-order valence-electron chi connectivity index (χ0n) is 15.7. The second kappa shape index (κ2) is 8.77. The summed E-state index contributed by atoms with van der Waals surface area (Å²) in [5.74, 6) is 1.32. The molecule has 142 valence electrons. The van der Waals surface area contributed by atoms with E-state index < -0.39 is 0 Å². The number of carbonyl (C=O) groups excluding carboxylic acids is 1. The molecule has 0 aliphatic carbocycles. The first-order valence-corrected chi connectivity index (χ1v) is 9.69. The molecule has 1 aromatic heterocycles. The summed E-state index contributed by atoms with van der Waals surface area (Å²) in [7, 11) is 3.19. The number of fused-ring (bicyclic) bond motifs is 1. The summed E-state index contributed by atoms with van der Waals surface area (Å²) < 4.78 is 11.8. The van der Waals surface area contributed by atoms with E-state index in [1.165, 1.54) is 15.6 Å². The average molecular weight is 385 g/mol. The smallest absolute Gasteiger partial charge is 0.315 e. The number of benzene rings is 2. The standard InChI is InChI=1S/C21H24N2O3S/c1-14(10-16-13-27-20-7-5-4-6-17(16)20)23-21(24)22-12-15-8-9-18(25-2)19(11-15)26-3/h4-9,11,13-14H,10,12H2,1-3H3,(H2,22,23,24). The summed E-state index contributed by atoms with van der Waals surface area (Å²) in [5.41, 5.74) is 2.21. The molecule has 1 unspecified atom stereocenters. The average Bonchev–Trinajstić information content (AvgIpc) is 3.09. The van der Waals surface area contributed by atoms with Gasteiger partial charge >= 0.3 is 6.03 Å². The number of methoxy groups -OCH3 is 2. The molecular formula is C21H24N2O3S. The highest BCUT2D eigenvalue weighted by Gasteiger charge is 2.11. The van der Waals surface area contributed by atoms with E-state index in [4.69, 9.17) is 9.47 Å². The molecule has 2 aromatic carbocycles. The zero-order chi connectivity index (χ0) is 19.2. The lowest BCUT2D eigenvalue weighted by atomic mass is 10.1. The van der Waals surface area contributed by atoms with E-state index in [0.717, 1.165) is 12.0 Å². The quantitative estimate of drug-likeness (QED) is 0.637. The SMILES string of the molecule is COc1ccc(CNC(=O)NC(C)Cc2csc3ccccc23)cc1OC. The Morgan fingerprint density at radius 1 is 1.11 bits per heavy atom. The van der Waals surface area contributed by atoms with Gasteiger partial charge in [0.2, 0.25) is 0 Å². The van der Waals surface area contributed by atoms with Gasteiger partial charge in [0.05, 0.1) is 14.2 Å². The summed E-state index contributed by atoms with van der Waals surface area (Å²) in [6, 6.07) is 13.8. The Bertz CT molecular complexity index is 923. The molecule has 6 heteroatoms. The van der Waals surface area contributed by atoms with Crippen LogP contribution in [0.2, 0.25) is 0 Å². The van der Waals surface area contributed by atoms with E-state index in [0.29, 0.717) is 18.0 Å². The first kappa shape index (κ1) is 19.0. The Morgan fingerprint density at radius 2 is 1.89 bits per heavy atom. The van der Waals surface area contributed by atoms with Crippen LogP contribution < -0.4 is 20.1 Å². The van der Waals surface area contributed by atoms with E-state index >= 15 is 0 Å². The second-order valence-corrected chi connectivity index (χ2v) is 7.29. The van der Waals surface area contributed by atoms with Gasteiger partial charge in [0, 0.05) is 17.3 Å². The second-order valence-electron chi connectivity index (χ2n) is 6.38. The largest absolute Gasteiger partial charge is 0.493 e. The fraction of sp³-hybridized carbons (Fsp3) is 0.286. The van der Waals surface area contributed by atoms with Crippen molar-refractivity contribution >= 4 is 27.5 Å². The molecular weight excluding hydrogens is 360 g/mol. The fourth-order valence-corrected chi connectivity index (χ4v) is 4.00. The molecule has 1 heterocycles. The molecule has 3 aromatic rings. The van der Waals surface area contributed by atoms with Gasteiger partial charge in [-0.25, -0.2) is 4.79 Å². The monoisotopic (exact) mass is 384 g/mol. The van der Waals surface area contributed by atoms with Crippen LogP contribution in [0.25, 0.3) is 10.1 Å². The van der Waals surface area contributed by atoms with Crippen LogP contribution in [-0.4, -0.2) is 26.3 Å². The van der Waals surface area contributed by atoms with Crippen LogP contribution >= 0.6 is 11.3 Å². The lowest BCUT2D eigenvalue weighted by Gasteiger charge is -2.15. The van der Waals surface area contributed by atoms with Gasteiger partial charge in [-0.2, -0.15) is 0 Å². The van der Waals surface area contributed by atoms with Crippen molar-refractivity contribution in [2.75, 3.05) is 14.2 Å². The predicted octanol–water partition coefficient (Wildman–Crippen LogP) is 4.35. The highest BCUT2D eigenvalue weighted by Crippen LogP contribution is 2.28. The molecule has 27 heavy (non-hydrogen) atoms. The normalized spacial score (nSPS) is 11.8. The number of carbonyl (C=O) groups is 1. The highest BCUT2D eigenvalue weighted by atomic mass is 32.1. The first-order chi connectivity index (χ1) is 13.1. The van der Waals surface area contributed by atoms with Crippen molar-refractivity contribution in [3.8, 4) is 11.5 Å². The molecule has 0 bridgehead atoms. The van der Waals surface area contributed by atoms with Gasteiger partial charge in [-0.15, -0.1) is 11.3 Å². The molecule has 2 amide bonds. The third-order valence-electron chi connectivity index (χ3n) is 4.37. The van der Waals surface area contributed by atoms with Crippen LogP contribution in [-0.2, 0) is 13.0 Å². The molecule has 0 spiro atoms. The van der Waals surface area contributed by atoms with Crippen molar-refractivity contribution < 1.29 is 14.3 Å². The van der Waals surface area contributed by atoms with Gasteiger partial charge in [-0.3, -0.25) is 0 Å². The molecule has 0 saturated carbocycles. The third-order valence-corrected chi connectivity index (χ3v) is 5.38. The van der Waals surface area contributed by atoms with E-state index in [9.17, 15) is 4.79 Å². The van der Waals surface area contributed by atoms with Gasteiger partial charge in [0.15, 0.2) is 11.5 Å². The molecule has 0 aliphatic heterocycles. The summed E-state index contributed by atoms with van der Waals surface area (Å²) >= 11 is 1.74. The maximum absolute atomic E-state index is 12.2. The van der Waals surface area contributed by atoms with Gasteiger partial charge in [0.1, 0.15) is 0 Å². The summed E-state index contributed by atoms with van der Waals surface area (Å²) in [6.07, 6.45) is 0.799. The molecule has 1 atom stereocenters. The van der Waals surface area contributed by atoms with Crippen molar-refractivity contribution in [3.63, 3.8) is 0 Å². The Balaban J connectivity index is 1.53. The maximum Gasteiger partial charge on any atom is 0.315 e. The van der Waals surface area contributed by atoms with E-state index in [1.807, 2.05) is 37.3 Å². The molecule has 0 fully saturated rings. The van der Waals surface area contributed by atoms with Crippen molar-refractivity contribution in [2.45, 2.75) is 25.9 Å². The number of ether oxygens (including phenoxy) is 2. The lowest BCUT2D eigenvalue weighted by Crippen LogP contribution is -2.41. The summed E-state index contributed by atoms with van der Waals surface area (Å²) in [4.78, 5) is 12.2. The molecule has 3 rings (SSSR count). The summed E-state index contributed by atoms with van der Waals surface area (Å²) in [5, 5.41) is 9.33. The van der Waals surface area contributed by atoms with Crippen LogP contribution in [0, 0.1) is 0 Å². The van der Waals surface area contributed by atoms with E-state index in [2.05, 4.69) is 28.1 Å². The van der Waals surface area contributed by atoms with Gasteiger partial charge in [-0.05, 0) is 53.4 Å². The van der Waals surface area contributed by atoms with Gasteiger partial charge in [0.25, 0.3) is 0 Å². The minimum absolute atomic E-state index is 0.0356. The van der Waals surface area contributed by atoms with Crippen molar-refractivity contribution in [1.82, 2.24) is 10.6 Å². The summed E-state index contributed by atoms with van der Waals surface area (Å²) in [6.45, 7) is 2.43. The lowest BCUT2D eigenvalue weighted by molar-refractivity contribution is 0.237. The van der Waals surface area contributed by atoms with Crippen LogP contribution in [0.3, 0.4) is 0 Å².